The molecule has 96 valence electrons. The molecule has 0 unspecified atom stereocenters. The largest absolute Gasteiger partial charge is 0.392 e. The van der Waals surface area contributed by atoms with Gasteiger partial charge in [0.15, 0.2) is 0 Å². The molecule has 1 aromatic heterocycles. The minimum absolute atomic E-state index is 0.0896. The first-order valence-electron chi connectivity index (χ1n) is 6.01. The molecule has 1 aromatic carbocycles. The lowest BCUT2D eigenvalue weighted by Crippen LogP contribution is -2.35. The quantitative estimate of drug-likeness (QED) is 0.856. The fraction of sp³-hybridized carbons (Fsp3) is 0.143. The van der Waals surface area contributed by atoms with Crippen LogP contribution in [0.1, 0.15) is 5.56 Å². The Bertz CT molecular complexity index is 628. The molecule has 0 radical (unpaired) electrons. The number of benzene rings is 1. The van der Waals surface area contributed by atoms with E-state index >= 15 is 0 Å². The van der Waals surface area contributed by atoms with E-state index in [1.165, 1.54) is 0 Å². The van der Waals surface area contributed by atoms with Crippen molar-refractivity contribution in [3.63, 3.8) is 0 Å². The zero-order chi connectivity index (χ0) is 13.2. The number of aliphatic hydroxyl groups excluding tert-OH is 1. The van der Waals surface area contributed by atoms with Crippen LogP contribution < -0.4 is 10.2 Å². The average Bonchev–Trinajstić information content (AvgIpc) is 2.46. The van der Waals surface area contributed by atoms with Crippen molar-refractivity contribution in [3.05, 3.63) is 48.2 Å². The maximum Gasteiger partial charge on any atom is 0.244 e. The fourth-order valence-electron chi connectivity index (χ4n) is 2.22. The monoisotopic (exact) mass is 255 g/mol. The van der Waals surface area contributed by atoms with Crippen LogP contribution in [0.3, 0.4) is 0 Å². The number of carbonyl (C=O) groups excluding carboxylic acids is 1. The van der Waals surface area contributed by atoms with Crippen molar-refractivity contribution in [1.82, 2.24) is 4.98 Å². The molecule has 2 aromatic rings. The average molecular weight is 255 g/mol. The second-order valence-corrected chi connectivity index (χ2v) is 4.30. The molecule has 0 saturated heterocycles. The van der Waals surface area contributed by atoms with Crippen molar-refractivity contribution >= 4 is 23.1 Å². The van der Waals surface area contributed by atoms with Gasteiger partial charge in [-0.15, -0.1) is 0 Å². The zero-order valence-electron chi connectivity index (χ0n) is 10.2. The number of aliphatic hydroxyl groups is 1. The number of hydrogen-bond donors (Lipinski definition) is 2. The number of aromatic nitrogens is 1. The van der Waals surface area contributed by atoms with Gasteiger partial charge in [-0.2, -0.15) is 0 Å². The molecule has 1 aliphatic rings. The molecule has 0 saturated carbocycles. The van der Waals surface area contributed by atoms with Crippen LogP contribution in [0.4, 0.5) is 17.2 Å². The molecule has 5 nitrogen and oxygen atoms in total. The Kier molecular flexibility index (Phi) is 2.89. The second kappa shape index (κ2) is 4.70. The van der Waals surface area contributed by atoms with E-state index in [2.05, 4.69) is 10.3 Å². The molecule has 0 atom stereocenters. The minimum Gasteiger partial charge on any atom is -0.392 e. The third kappa shape index (κ3) is 2.04. The number of nitrogens with zero attached hydrogens (tertiary/aromatic N) is 2. The third-order valence-corrected chi connectivity index (χ3v) is 3.06. The Morgan fingerprint density at radius 3 is 2.95 bits per heavy atom. The maximum atomic E-state index is 11.8. The topological polar surface area (TPSA) is 65.5 Å². The lowest BCUT2D eigenvalue weighted by molar-refractivity contribution is -0.115. The number of fused-ring (bicyclic) bond motifs is 1. The highest BCUT2D eigenvalue weighted by molar-refractivity contribution is 6.03. The first-order chi connectivity index (χ1) is 9.29. The van der Waals surface area contributed by atoms with Gasteiger partial charge in [-0.25, -0.2) is 4.98 Å². The van der Waals surface area contributed by atoms with Crippen LogP contribution in [0, 0.1) is 0 Å². The fourth-order valence-corrected chi connectivity index (χ4v) is 2.22. The van der Waals surface area contributed by atoms with Crippen LogP contribution in [0.2, 0.25) is 0 Å². The Morgan fingerprint density at radius 2 is 2.11 bits per heavy atom. The van der Waals surface area contributed by atoms with E-state index in [-0.39, 0.29) is 19.1 Å². The van der Waals surface area contributed by atoms with Crippen LogP contribution in [0.15, 0.2) is 42.6 Å². The molecule has 5 heteroatoms. The van der Waals surface area contributed by atoms with Crippen molar-refractivity contribution in [2.24, 2.45) is 0 Å². The van der Waals surface area contributed by atoms with Crippen molar-refractivity contribution < 1.29 is 9.90 Å². The van der Waals surface area contributed by atoms with E-state index < -0.39 is 0 Å². The number of nitrogens with one attached hydrogen (secondary N) is 1. The maximum absolute atomic E-state index is 11.8. The smallest absolute Gasteiger partial charge is 0.244 e. The van der Waals surface area contributed by atoms with Gasteiger partial charge < -0.3 is 15.3 Å². The standard InChI is InChI=1S/C14H13N3O2/c18-9-10-4-3-7-15-14(10)17-8-13(19)16-11-5-1-2-6-12(11)17/h1-7,18H,8-9H2,(H,16,19). The predicted molar refractivity (Wildman–Crippen MR) is 72.2 cm³/mol. The summed E-state index contributed by atoms with van der Waals surface area (Å²) in [7, 11) is 0. The number of carbonyl (C=O) groups is 1. The Hall–Kier alpha value is -2.40. The van der Waals surface area contributed by atoms with Gasteiger partial charge in [-0.05, 0) is 18.2 Å². The number of anilines is 3. The van der Waals surface area contributed by atoms with Crippen LogP contribution >= 0.6 is 0 Å². The highest BCUT2D eigenvalue weighted by Crippen LogP contribution is 2.35. The second-order valence-electron chi connectivity index (χ2n) is 4.30. The SMILES string of the molecule is O=C1CN(c2ncccc2CO)c2ccccc2N1. The Morgan fingerprint density at radius 1 is 1.26 bits per heavy atom. The number of rotatable bonds is 2. The van der Waals surface area contributed by atoms with Gasteiger partial charge in [0.1, 0.15) is 12.4 Å². The molecule has 19 heavy (non-hydrogen) atoms. The molecule has 0 fully saturated rings. The first-order valence-corrected chi connectivity index (χ1v) is 6.01. The van der Waals surface area contributed by atoms with Crippen molar-refractivity contribution in [1.29, 1.82) is 0 Å². The lowest BCUT2D eigenvalue weighted by Gasteiger charge is -2.31. The molecule has 3 rings (SSSR count). The lowest BCUT2D eigenvalue weighted by atomic mass is 10.1. The highest BCUT2D eigenvalue weighted by Gasteiger charge is 2.24. The summed E-state index contributed by atoms with van der Waals surface area (Å²) < 4.78 is 0. The normalized spacial score (nSPS) is 13.9. The van der Waals surface area contributed by atoms with E-state index in [4.69, 9.17) is 0 Å². The molecular weight excluding hydrogens is 242 g/mol. The Balaban J connectivity index is 2.13. The molecule has 0 bridgehead atoms. The summed E-state index contributed by atoms with van der Waals surface area (Å²) >= 11 is 0. The minimum atomic E-state index is -0.108. The van der Waals surface area contributed by atoms with Gasteiger partial charge in [0.05, 0.1) is 18.0 Å². The van der Waals surface area contributed by atoms with Crippen molar-refractivity contribution in [3.8, 4) is 0 Å². The van der Waals surface area contributed by atoms with Gasteiger partial charge in [-0.3, -0.25) is 4.79 Å². The third-order valence-electron chi connectivity index (χ3n) is 3.06. The van der Waals surface area contributed by atoms with E-state index in [0.29, 0.717) is 11.4 Å². The first kappa shape index (κ1) is 11.7. The summed E-state index contributed by atoms with van der Waals surface area (Å²) in [6, 6.07) is 11.1. The molecule has 0 aliphatic carbocycles. The van der Waals surface area contributed by atoms with Crippen LogP contribution in [-0.4, -0.2) is 22.5 Å². The van der Waals surface area contributed by atoms with Crippen LogP contribution in [0.5, 0.6) is 0 Å². The molecule has 1 aliphatic heterocycles. The molecule has 1 amide bonds. The number of pyridine rings is 1. The Labute approximate surface area is 110 Å². The van der Waals surface area contributed by atoms with Gasteiger partial charge >= 0.3 is 0 Å². The van der Waals surface area contributed by atoms with Crippen molar-refractivity contribution in [2.45, 2.75) is 6.61 Å². The summed E-state index contributed by atoms with van der Waals surface area (Å²) in [5.74, 6) is 0.528. The summed E-state index contributed by atoms with van der Waals surface area (Å²) in [4.78, 5) is 17.9. The van der Waals surface area contributed by atoms with Crippen LogP contribution in [-0.2, 0) is 11.4 Å². The summed E-state index contributed by atoms with van der Waals surface area (Å²) in [6.07, 6.45) is 1.66. The molecular formula is C14H13N3O2. The molecule has 2 heterocycles. The number of para-hydroxylation sites is 2. The van der Waals surface area contributed by atoms with E-state index in [1.54, 1.807) is 18.3 Å². The van der Waals surface area contributed by atoms with Gasteiger partial charge in [-0.1, -0.05) is 18.2 Å². The highest BCUT2D eigenvalue weighted by atomic mass is 16.3. The number of hydrogen-bond acceptors (Lipinski definition) is 4. The van der Waals surface area contributed by atoms with Gasteiger partial charge in [0.2, 0.25) is 5.91 Å². The zero-order valence-corrected chi connectivity index (χ0v) is 10.2. The summed E-state index contributed by atoms with van der Waals surface area (Å²) in [5, 5.41) is 12.2. The van der Waals surface area contributed by atoms with Crippen molar-refractivity contribution in [2.75, 3.05) is 16.8 Å². The predicted octanol–water partition coefficient (Wildman–Crippen LogP) is 1.66. The van der Waals surface area contributed by atoms with Crippen LogP contribution in [0.25, 0.3) is 0 Å². The molecule has 2 N–H and O–H groups in total. The van der Waals surface area contributed by atoms with Gasteiger partial charge in [0, 0.05) is 11.8 Å². The van der Waals surface area contributed by atoms with E-state index in [0.717, 1.165) is 11.4 Å². The summed E-state index contributed by atoms with van der Waals surface area (Å²) in [6.45, 7) is 0.0878. The number of amides is 1. The molecule has 0 spiro atoms. The van der Waals surface area contributed by atoms with E-state index in [1.807, 2.05) is 29.2 Å². The van der Waals surface area contributed by atoms with Gasteiger partial charge in [0.25, 0.3) is 0 Å². The summed E-state index contributed by atoms with van der Waals surface area (Å²) in [5.41, 5.74) is 2.34. The van der Waals surface area contributed by atoms with E-state index in [9.17, 15) is 9.90 Å².